The van der Waals surface area contributed by atoms with Gasteiger partial charge in [0.25, 0.3) is 0 Å². The van der Waals surface area contributed by atoms with Crippen LogP contribution in [0.2, 0.25) is 0 Å². The molecule has 0 saturated carbocycles. The first-order valence-electron chi connectivity index (χ1n) is 8.71. The number of esters is 1. The second-order valence-electron chi connectivity index (χ2n) is 7.53. The highest BCUT2D eigenvalue weighted by Crippen LogP contribution is 2.32. The summed E-state index contributed by atoms with van der Waals surface area (Å²) in [6.07, 6.45) is 2.48. The number of carbonyl (C=O) groups is 2. The van der Waals surface area contributed by atoms with Crippen molar-refractivity contribution in [3.05, 3.63) is 35.9 Å². The summed E-state index contributed by atoms with van der Waals surface area (Å²) in [5.41, 5.74) is 0.00304. The molecule has 0 N–H and O–H groups in total. The highest BCUT2D eigenvalue weighted by atomic mass is 32.2. The Labute approximate surface area is 148 Å². The molecular formula is C20H29O3S+. The summed E-state index contributed by atoms with van der Waals surface area (Å²) in [7, 11) is 0.0996. The van der Waals surface area contributed by atoms with Gasteiger partial charge in [0.15, 0.2) is 5.75 Å². The fourth-order valence-electron chi connectivity index (χ4n) is 2.59. The number of carbonyl (C=O) groups excluding carboxylic acids is 2. The first-order chi connectivity index (χ1) is 11.3. The molecule has 0 unspecified atom stereocenters. The van der Waals surface area contributed by atoms with Gasteiger partial charge in [0.1, 0.15) is 17.1 Å². The molecule has 1 aromatic carbocycles. The van der Waals surface area contributed by atoms with Gasteiger partial charge in [-0.3, -0.25) is 9.59 Å². The van der Waals surface area contributed by atoms with E-state index in [4.69, 9.17) is 4.74 Å². The molecule has 1 aromatic rings. The van der Waals surface area contributed by atoms with Gasteiger partial charge in [-0.05, 0) is 38.1 Å². The standard InChI is InChI=1S/C20H29O3S/c1-5-19(2,3)18(22)23-20(4)11-13-24(14-12-20)15-17(21)16-9-7-6-8-10-16/h6-10H,5,11-15H2,1-4H3/q+1. The van der Waals surface area contributed by atoms with Crippen molar-refractivity contribution >= 4 is 22.6 Å². The lowest BCUT2D eigenvalue weighted by atomic mass is 9.89. The molecule has 132 valence electrons. The lowest BCUT2D eigenvalue weighted by Gasteiger charge is -2.35. The van der Waals surface area contributed by atoms with Crippen molar-refractivity contribution in [1.82, 2.24) is 0 Å². The van der Waals surface area contributed by atoms with Gasteiger partial charge in [-0.2, -0.15) is 0 Å². The third kappa shape index (κ3) is 4.85. The number of benzene rings is 1. The molecule has 1 fully saturated rings. The predicted molar refractivity (Wildman–Crippen MR) is 101 cm³/mol. The average molecular weight is 350 g/mol. The minimum absolute atomic E-state index is 0.0996. The van der Waals surface area contributed by atoms with Crippen LogP contribution in [0, 0.1) is 5.41 Å². The Morgan fingerprint density at radius 2 is 1.75 bits per heavy atom. The largest absolute Gasteiger partial charge is 0.459 e. The molecule has 0 spiro atoms. The molecular weight excluding hydrogens is 320 g/mol. The predicted octanol–water partition coefficient (Wildman–Crippen LogP) is 4.02. The van der Waals surface area contributed by atoms with E-state index in [1.165, 1.54) is 0 Å². The summed E-state index contributed by atoms with van der Waals surface area (Å²) in [4.78, 5) is 24.7. The molecule has 4 heteroatoms. The second kappa shape index (κ2) is 7.73. The smallest absolute Gasteiger partial charge is 0.312 e. The van der Waals surface area contributed by atoms with Crippen LogP contribution >= 0.6 is 0 Å². The van der Waals surface area contributed by atoms with Crippen molar-refractivity contribution in [2.45, 2.75) is 52.6 Å². The number of rotatable bonds is 6. The lowest BCUT2D eigenvalue weighted by molar-refractivity contribution is -0.169. The van der Waals surface area contributed by atoms with Crippen LogP contribution in [0.15, 0.2) is 30.3 Å². The Kier molecular flexibility index (Phi) is 6.13. The first kappa shape index (κ1) is 19.0. The summed E-state index contributed by atoms with van der Waals surface area (Å²) in [6, 6.07) is 9.51. The van der Waals surface area contributed by atoms with Crippen molar-refractivity contribution in [2.75, 3.05) is 17.3 Å². The maximum Gasteiger partial charge on any atom is 0.312 e. The number of ether oxygens (including phenoxy) is 1. The molecule has 0 atom stereocenters. The number of hydrogen-bond acceptors (Lipinski definition) is 3. The van der Waals surface area contributed by atoms with E-state index in [0.717, 1.165) is 36.3 Å². The van der Waals surface area contributed by atoms with Crippen molar-refractivity contribution in [3.63, 3.8) is 0 Å². The maximum absolute atomic E-state index is 12.3. The normalized spacial score (nSPS) is 24.4. The van der Waals surface area contributed by atoms with Crippen LogP contribution in [0.1, 0.15) is 57.3 Å². The van der Waals surface area contributed by atoms with Crippen molar-refractivity contribution in [1.29, 1.82) is 0 Å². The van der Waals surface area contributed by atoms with Crippen LogP contribution in [-0.4, -0.2) is 34.6 Å². The van der Waals surface area contributed by atoms with Gasteiger partial charge >= 0.3 is 5.97 Å². The Balaban J connectivity index is 1.86. The lowest BCUT2D eigenvalue weighted by Crippen LogP contribution is -2.44. The van der Waals surface area contributed by atoms with Crippen molar-refractivity contribution < 1.29 is 14.3 Å². The fraction of sp³-hybridized carbons (Fsp3) is 0.600. The maximum atomic E-state index is 12.3. The zero-order valence-corrected chi connectivity index (χ0v) is 16.1. The molecule has 1 saturated heterocycles. The minimum atomic E-state index is -0.425. The van der Waals surface area contributed by atoms with Gasteiger partial charge in [-0.1, -0.05) is 37.3 Å². The minimum Gasteiger partial charge on any atom is -0.459 e. The van der Waals surface area contributed by atoms with Gasteiger partial charge in [-0.15, -0.1) is 0 Å². The van der Waals surface area contributed by atoms with Crippen LogP contribution in [0.4, 0.5) is 0 Å². The molecule has 1 heterocycles. The molecule has 0 aliphatic carbocycles. The quantitative estimate of drug-likeness (QED) is 0.443. The molecule has 3 nitrogen and oxygen atoms in total. The SMILES string of the molecule is CCC(C)(C)C(=O)OC1(C)CC[S+](CC(=O)c2ccccc2)CC1. The van der Waals surface area contributed by atoms with Gasteiger partial charge in [0.2, 0.25) is 5.78 Å². The van der Waals surface area contributed by atoms with Crippen molar-refractivity contribution in [2.24, 2.45) is 5.41 Å². The summed E-state index contributed by atoms with van der Waals surface area (Å²) in [5, 5.41) is 0. The van der Waals surface area contributed by atoms with Crippen molar-refractivity contribution in [3.8, 4) is 0 Å². The monoisotopic (exact) mass is 349 g/mol. The van der Waals surface area contributed by atoms with E-state index in [-0.39, 0.29) is 28.2 Å². The van der Waals surface area contributed by atoms with Crippen LogP contribution < -0.4 is 0 Å². The number of hydrogen-bond donors (Lipinski definition) is 0. The average Bonchev–Trinajstić information content (AvgIpc) is 2.57. The summed E-state index contributed by atoms with van der Waals surface area (Å²) >= 11 is 0. The van der Waals surface area contributed by atoms with Gasteiger partial charge in [0, 0.05) is 18.4 Å². The Hall–Kier alpha value is -1.29. The van der Waals surface area contributed by atoms with Crippen LogP contribution in [-0.2, 0) is 20.4 Å². The van der Waals surface area contributed by atoms with Crippen LogP contribution in [0.5, 0.6) is 0 Å². The third-order valence-corrected chi connectivity index (χ3v) is 7.28. The molecule has 1 aliphatic heterocycles. The van der Waals surface area contributed by atoms with E-state index >= 15 is 0 Å². The van der Waals surface area contributed by atoms with Crippen LogP contribution in [0.3, 0.4) is 0 Å². The Morgan fingerprint density at radius 1 is 1.17 bits per heavy atom. The van der Waals surface area contributed by atoms with E-state index in [0.29, 0.717) is 5.75 Å². The van der Waals surface area contributed by atoms with E-state index in [2.05, 4.69) is 0 Å². The highest BCUT2D eigenvalue weighted by Gasteiger charge is 2.42. The van der Waals surface area contributed by atoms with E-state index < -0.39 is 5.41 Å². The number of ketones is 1. The Morgan fingerprint density at radius 3 is 2.29 bits per heavy atom. The topological polar surface area (TPSA) is 43.4 Å². The Bertz CT molecular complexity index is 572. The number of Topliss-reactive ketones (excluding diaryl/α,β-unsaturated/α-hetero) is 1. The second-order valence-corrected chi connectivity index (χ2v) is 9.86. The molecule has 24 heavy (non-hydrogen) atoms. The van der Waals surface area contributed by atoms with E-state index in [1.807, 2.05) is 58.0 Å². The molecule has 1 aliphatic rings. The summed E-state index contributed by atoms with van der Waals surface area (Å²) < 4.78 is 5.85. The fourth-order valence-corrected chi connectivity index (χ4v) is 5.06. The van der Waals surface area contributed by atoms with Gasteiger partial charge in [-0.25, -0.2) is 0 Å². The molecule has 0 radical (unpaired) electrons. The summed E-state index contributed by atoms with van der Waals surface area (Å²) in [5.74, 6) is 2.68. The van der Waals surface area contributed by atoms with E-state index in [1.54, 1.807) is 0 Å². The molecule has 2 rings (SSSR count). The van der Waals surface area contributed by atoms with Gasteiger partial charge < -0.3 is 4.74 Å². The van der Waals surface area contributed by atoms with Gasteiger partial charge in [0.05, 0.1) is 5.41 Å². The van der Waals surface area contributed by atoms with E-state index in [9.17, 15) is 9.59 Å². The first-order valence-corrected chi connectivity index (χ1v) is 10.4. The molecule has 0 aromatic heterocycles. The highest BCUT2D eigenvalue weighted by molar-refractivity contribution is 7.97. The summed E-state index contributed by atoms with van der Waals surface area (Å²) in [6.45, 7) is 7.92. The molecule has 0 amide bonds. The molecule has 0 bridgehead atoms. The zero-order chi connectivity index (χ0) is 17.8. The third-order valence-electron chi connectivity index (χ3n) is 5.05. The zero-order valence-electron chi connectivity index (χ0n) is 15.3. The van der Waals surface area contributed by atoms with Crippen LogP contribution in [0.25, 0.3) is 0 Å².